The molecule has 4 nitrogen and oxygen atoms in total. The van der Waals surface area contributed by atoms with E-state index in [1.807, 2.05) is 0 Å². The second kappa shape index (κ2) is 8.05. The van der Waals surface area contributed by atoms with E-state index in [0.717, 1.165) is 25.0 Å². The fourth-order valence-corrected chi connectivity index (χ4v) is 2.98. The molecule has 0 spiro atoms. The normalized spacial score (nSPS) is 15.0. The van der Waals surface area contributed by atoms with Gasteiger partial charge in [0.25, 0.3) is 5.91 Å². The van der Waals surface area contributed by atoms with Gasteiger partial charge in [-0.05, 0) is 49.1 Å². The van der Waals surface area contributed by atoms with Crippen molar-refractivity contribution in [1.29, 1.82) is 0 Å². The van der Waals surface area contributed by atoms with Gasteiger partial charge in [0.1, 0.15) is 0 Å². The standard InChI is InChI=1S/C19H20F2N2O2/c20-15-9-8-14(11-16(15)21)19(24)23-18-17(7-4-10-22-18)25-12-13-5-2-1-3-6-13/h4,7-11,13H,1-3,5-6,12H2,(H,22,23,24). The Morgan fingerprint density at radius 3 is 2.72 bits per heavy atom. The third-order valence-electron chi connectivity index (χ3n) is 4.38. The van der Waals surface area contributed by atoms with Gasteiger partial charge >= 0.3 is 0 Å². The number of rotatable bonds is 5. The maximum absolute atomic E-state index is 13.3. The average molecular weight is 346 g/mol. The molecule has 0 atom stereocenters. The van der Waals surface area contributed by atoms with E-state index in [-0.39, 0.29) is 11.4 Å². The van der Waals surface area contributed by atoms with Gasteiger partial charge in [0.05, 0.1) is 6.61 Å². The monoisotopic (exact) mass is 346 g/mol. The molecule has 25 heavy (non-hydrogen) atoms. The molecule has 0 radical (unpaired) electrons. The Labute approximate surface area is 145 Å². The van der Waals surface area contributed by atoms with Crippen molar-refractivity contribution in [3.05, 3.63) is 53.7 Å². The van der Waals surface area contributed by atoms with Crippen molar-refractivity contribution >= 4 is 11.7 Å². The molecule has 1 aromatic carbocycles. The summed E-state index contributed by atoms with van der Waals surface area (Å²) in [7, 11) is 0. The third-order valence-corrected chi connectivity index (χ3v) is 4.38. The number of benzene rings is 1. The molecule has 2 aromatic rings. The van der Waals surface area contributed by atoms with Crippen molar-refractivity contribution in [3.63, 3.8) is 0 Å². The van der Waals surface area contributed by atoms with Crippen LogP contribution in [-0.4, -0.2) is 17.5 Å². The van der Waals surface area contributed by atoms with Crippen LogP contribution in [0.5, 0.6) is 5.75 Å². The van der Waals surface area contributed by atoms with Crippen LogP contribution in [0.1, 0.15) is 42.5 Å². The zero-order valence-corrected chi connectivity index (χ0v) is 13.8. The topological polar surface area (TPSA) is 51.2 Å². The van der Waals surface area contributed by atoms with Crippen LogP contribution in [0.15, 0.2) is 36.5 Å². The molecule has 0 bridgehead atoms. The summed E-state index contributed by atoms with van der Waals surface area (Å²) in [5.74, 6) is -1.37. The van der Waals surface area contributed by atoms with E-state index in [1.165, 1.54) is 31.5 Å². The summed E-state index contributed by atoms with van der Waals surface area (Å²) < 4.78 is 32.1. The van der Waals surface area contributed by atoms with Crippen LogP contribution in [0, 0.1) is 17.6 Å². The van der Waals surface area contributed by atoms with Crippen LogP contribution in [0.25, 0.3) is 0 Å². The Morgan fingerprint density at radius 1 is 1.16 bits per heavy atom. The molecule has 3 rings (SSSR count). The zero-order valence-electron chi connectivity index (χ0n) is 13.8. The van der Waals surface area contributed by atoms with Crippen LogP contribution in [0.4, 0.5) is 14.6 Å². The number of halogens is 2. The predicted octanol–water partition coefficient (Wildman–Crippen LogP) is 4.57. The van der Waals surface area contributed by atoms with Crippen molar-refractivity contribution in [3.8, 4) is 5.75 Å². The second-order valence-corrected chi connectivity index (χ2v) is 6.25. The van der Waals surface area contributed by atoms with E-state index in [0.29, 0.717) is 18.3 Å². The summed E-state index contributed by atoms with van der Waals surface area (Å²) in [5, 5.41) is 2.60. The summed E-state index contributed by atoms with van der Waals surface area (Å²) in [6.45, 7) is 0.583. The highest BCUT2D eigenvalue weighted by Gasteiger charge is 2.17. The highest BCUT2D eigenvalue weighted by Crippen LogP contribution is 2.27. The van der Waals surface area contributed by atoms with Crippen LogP contribution in [0.2, 0.25) is 0 Å². The molecule has 1 aliphatic rings. The first-order chi connectivity index (χ1) is 12.1. The van der Waals surface area contributed by atoms with Gasteiger partial charge in [-0.25, -0.2) is 13.8 Å². The summed E-state index contributed by atoms with van der Waals surface area (Å²) in [5.41, 5.74) is 0.0165. The van der Waals surface area contributed by atoms with E-state index < -0.39 is 17.5 Å². The third kappa shape index (κ3) is 4.53. The molecule has 0 saturated heterocycles. The second-order valence-electron chi connectivity index (χ2n) is 6.25. The fraction of sp³-hybridized carbons (Fsp3) is 0.368. The molecule has 1 saturated carbocycles. The Morgan fingerprint density at radius 2 is 1.96 bits per heavy atom. The first-order valence-electron chi connectivity index (χ1n) is 8.47. The molecule has 1 aliphatic carbocycles. The number of nitrogens with zero attached hydrogens (tertiary/aromatic N) is 1. The Kier molecular flexibility index (Phi) is 5.58. The van der Waals surface area contributed by atoms with Crippen LogP contribution < -0.4 is 10.1 Å². The number of carbonyl (C=O) groups excluding carboxylic acids is 1. The van der Waals surface area contributed by atoms with Gasteiger partial charge in [-0.2, -0.15) is 0 Å². The van der Waals surface area contributed by atoms with Crippen molar-refractivity contribution < 1.29 is 18.3 Å². The van der Waals surface area contributed by atoms with E-state index in [4.69, 9.17) is 4.74 Å². The molecule has 0 aliphatic heterocycles. The molecule has 1 aromatic heterocycles. The first-order valence-corrected chi connectivity index (χ1v) is 8.47. The van der Waals surface area contributed by atoms with Gasteiger partial charge in [0.2, 0.25) is 0 Å². The van der Waals surface area contributed by atoms with Gasteiger partial charge in [0.15, 0.2) is 23.2 Å². The molecule has 1 N–H and O–H groups in total. The number of aromatic nitrogens is 1. The number of amides is 1. The Balaban J connectivity index is 1.67. The summed E-state index contributed by atoms with van der Waals surface area (Å²) in [6, 6.07) is 6.46. The predicted molar refractivity (Wildman–Crippen MR) is 90.6 cm³/mol. The highest BCUT2D eigenvalue weighted by molar-refractivity contribution is 6.04. The summed E-state index contributed by atoms with van der Waals surface area (Å²) >= 11 is 0. The van der Waals surface area contributed by atoms with E-state index in [1.54, 1.807) is 12.1 Å². The number of nitrogens with one attached hydrogen (secondary N) is 1. The van der Waals surface area contributed by atoms with Gasteiger partial charge in [-0.15, -0.1) is 0 Å². The minimum absolute atomic E-state index is 0.0165. The molecule has 1 heterocycles. The van der Waals surface area contributed by atoms with Crippen LogP contribution in [-0.2, 0) is 0 Å². The van der Waals surface area contributed by atoms with Crippen LogP contribution in [0.3, 0.4) is 0 Å². The minimum atomic E-state index is -1.07. The minimum Gasteiger partial charge on any atom is -0.489 e. The number of anilines is 1. The van der Waals surface area contributed by atoms with E-state index in [2.05, 4.69) is 10.3 Å². The molecular formula is C19H20F2N2O2. The molecule has 132 valence electrons. The number of carbonyl (C=O) groups is 1. The zero-order chi connectivity index (χ0) is 17.6. The molecular weight excluding hydrogens is 326 g/mol. The molecule has 0 unspecified atom stereocenters. The van der Waals surface area contributed by atoms with Crippen LogP contribution >= 0.6 is 0 Å². The first kappa shape index (κ1) is 17.3. The average Bonchev–Trinajstić information content (AvgIpc) is 2.64. The van der Waals surface area contributed by atoms with Crippen molar-refractivity contribution in [2.45, 2.75) is 32.1 Å². The Bertz CT molecular complexity index is 746. The lowest BCUT2D eigenvalue weighted by Crippen LogP contribution is -2.18. The molecule has 6 heteroatoms. The van der Waals surface area contributed by atoms with Gasteiger partial charge in [-0.1, -0.05) is 19.3 Å². The lowest BCUT2D eigenvalue weighted by Gasteiger charge is -2.22. The van der Waals surface area contributed by atoms with Crippen molar-refractivity contribution in [2.24, 2.45) is 5.92 Å². The fourth-order valence-electron chi connectivity index (χ4n) is 2.98. The van der Waals surface area contributed by atoms with E-state index in [9.17, 15) is 13.6 Å². The molecule has 1 amide bonds. The lowest BCUT2D eigenvalue weighted by atomic mass is 9.90. The number of hydrogen-bond donors (Lipinski definition) is 1. The quantitative estimate of drug-likeness (QED) is 0.863. The summed E-state index contributed by atoms with van der Waals surface area (Å²) in [4.78, 5) is 16.4. The Hall–Kier alpha value is -2.50. The van der Waals surface area contributed by atoms with Gasteiger partial charge in [0, 0.05) is 11.8 Å². The van der Waals surface area contributed by atoms with Crippen molar-refractivity contribution in [1.82, 2.24) is 4.98 Å². The maximum Gasteiger partial charge on any atom is 0.257 e. The van der Waals surface area contributed by atoms with Crippen molar-refractivity contribution in [2.75, 3.05) is 11.9 Å². The smallest absolute Gasteiger partial charge is 0.257 e. The largest absolute Gasteiger partial charge is 0.489 e. The lowest BCUT2D eigenvalue weighted by molar-refractivity contribution is 0.102. The maximum atomic E-state index is 13.3. The number of pyridine rings is 1. The molecule has 1 fully saturated rings. The summed E-state index contributed by atoms with van der Waals surface area (Å²) in [6.07, 6.45) is 7.56. The van der Waals surface area contributed by atoms with E-state index >= 15 is 0 Å². The number of ether oxygens (including phenoxy) is 1. The number of hydrogen-bond acceptors (Lipinski definition) is 3. The SMILES string of the molecule is O=C(Nc1ncccc1OCC1CCCCC1)c1ccc(F)c(F)c1. The van der Waals surface area contributed by atoms with Gasteiger partial charge < -0.3 is 10.1 Å². The highest BCUT2D eigenvalue weighted by atomic mass is 19.2. The van der Waals surface area contributed by atoms with Gasteiger partial charge in [-0.3, -0.25) is 4.79 Å².